The van der Waals surface area contributed by atoms with Crippen molar-refractivity contribution < 1.29 is 8.42 Å². The Balaban J connectivity index is 1.96. The first-order valence-corrected chi connectivity index (χ1v) is 9.09. The van der Waals surface area contributed by atoms with Gasteiger partial charge in [-0.15, -0.1) is 0 Å². The fourth-order valence-electron chi connectivity index (χ4n) is 3.22. The molecule has 6 heteroatoms. The maximum atomic E-state index is 12.7. The predicted molar refractivity (Wildman–Crippen MR) is 86.7 cm³/mol. The molecule has 0 unspecified atom stereocenters. The molecule has 3 rings (SSSR count). The highest BCUT2D eigenvalue weighted by Crippen LogP contribution is 2.27. The van der Waals surface area contributed by atoms with Crippen LogP contribution in [0.15, 0.2) is 23.1 Å². The van der Waals surface area contributed by atoms with E-state index in [1.54, 1.807) is 18.5 Å². The molecule has 0 amide bonds. The molecule has 1 aliphatic rings. The number of anilines is 1. The van der Waals surface area contributed by atoms with Gasteiger partial charge in [0.25, 0.3) is 10.0 Å². The minimum atomic E-state index is -3.61. The lowest BCUT2D eigenvalue weighted by molar-refractivity contribution is 0.598. The number of fused-ring (bicyclic) bond motifs is 1. The van der Waals surface area contributed by atoms with E-state index in [0.29, 0.717) is 23.6 Å². The van der Waals surface area contributed by atoms with Crippen LogP contribution in [0.1, 0.15) is 35.9 Å². The predicted octanol–water partition coefficient (Wildman–Crippen LogP) is 2.81. The van der Waals surface area contributed by atoms with Crippen LogP contribution in [-0.2, 0) is 29.4 Å². The summed E-state index contributed by atoms with van der Waals surface area (Å²) in [6.07, 6.45) is 3.26. The molecular weight excluding hydrogens is 298 g/mol. The van der Waals surface area contributed by atoms with Gasteiger partial charge in [-0.3, -0.25) is 9.40 Å². The third-order valence-corrected chi connectivity index (χ3v) is 5.87. The molecule has 0 aliphatic heterocycles. The third kappa shape index (κ3) is 2.52. The zero-order chi connectivity index (χ0) is 15.9. The highest BCUT2D eigenvalue weighted by molar-refractivity contribution is 7.92. The molecule has 1 aromatic heterocycles. The third-order valence-electron chi connectivity index (χ3n) is 4.23. The van der Waals surface area contributed by atoms with Crippen LogP contribution in [0.25, 0.3) is 0 Å². The highest BCUT2D eigenvalue weighted by Gasteiger charge is 2.24. The van der Waals surface area contributed by atoms with Gasteiger partial charge in [-0.1, -0.05) is 6.07 Å². The van der Waals surface area contributed by atoms with Crippen molar-refractivity contribution in [3.05, 3.63) is 40.7 Å². The van der Waals surface area contributed by atoms with E-state index >= 15 is 0 Å². The average molecular weight is 319 g/mol. The van der Waals surface area contributed by atoms with E-state index in [2.05, 4.69) is 9.82 Å². The number of benzene rings is 1. The SMILES string of the molecule is CCn1nc(C)c(S(=O)(=O)Nc2ccc3c(c2)CCC3)c1C. The zero-order valence-corrected chi connectivity index (χ0v) is 14.0. The molecule has 1 aromatic carbocycles. The first kappa shape index (κ1) is 15.1. The molecule has 2 aromatic rings. The van der Waals surface area contributed by atoms with Gasteiger partial charge < -0.3 is 0 Å². The molecule has 0 saturated heterocycles. The summed E-state index contributed by atoms with van der Waals surface area (Å²) >= 11 is 0. The summed E-state index contributed by atoms with van der Waals surface area (Å²) in [6, 6.07) is 5.82. The number of nitrogens with one attached hydrogen (secondary N) is 1. The van der Waals surface area contributed by atoms with E-state index in [9.17, 15) is 8.42 Å². The number of hydrogen-bond donors (Lipinski definition) is 1. The van der Waals surface area contributed by atoms with Crippen LogP contribution < -0.4 is 4.72 Å². The van der Waals surface area contributed by atoms with Crippen molar-refractivity contribution in [2.45, 2.75) is 51.5 Å². The molecule has 1 heterocycles. The fraction of sp³-hybridized carbons (Fsp3) is 0.438. The summed E-state index contributed by atoms with van der Waals surface area (Å²) < 4.78 is 29.8. The lowest BCUT2D eigenvalue weighted by atomic mass is 10.1. The van der Waals surface area contributed by atoms with Gasteiger partial charge >= 0.3 is 0 Å². The average Bonchev–Trinajstić information content (AvgIpc) is 3.02. The highest BCUT2D eigenvalue weighted by atomic mass is 32.2. The van der Waals surface area contributed by atoms with Crippen LogP contribution >= 0.6 is 0 Å². The van der Waals surface area contributed by atoms with E-state index in [1.165, 1.54) is 11.1 Å². The van der Waals surface area contributed by atoms with Gasteiger partial charge in [0.2, 0.25) is 0 Å². The first-order valence-electron chi connectivity index (χ1n) is 7.61. The standard InChI is InChI=1S/C16H21N3O2S/c1-4-19-12(3)16(11(2)17-19)22(20,21)18-15-9-8-13-6-5-7-14(13)10-15/h8-10,18H,4-7H2,1-3H3. The van der Waals surface area contributed by atoms with Crippen LogP contribution in [0.4, 0.5) is 5.69 Å². The maximum absolute atomic E-state index is 12.7. The summed E-state index contributed by atoms with van der Waals surface area (Å²) in [7, 11) is -3.61. The number of sulfonamides is 1. The first-order chi connectivity index (χ1) is 10.4. The van der Waals surface area contributed by atoms with Crippen molar-refractivity contribution in [1.29, 1.82) is 0 Å². The molecule has 0 bridgehead atoms. The second kappa shape index (κ2) is 5.43. The van der Waals surface area contributed by atoms with Gasteiger partial charge in [-0.2, -0.15) is 5.10 Å². The van der Waals surface area contributed by atoms with Gasteiger partial charge in [0.05, 0.1) is 11.4 Å². The van der Waals surface area contributed by atoms with Gasteiger partial charge in [-0.25, -0.2) is 8.42 Å². The van der Waals surface area contributed by atoms with Gasteiger partial charge in [0.15, 0.2) is 0 Å². The van der Waals surface area contributed by atoms with E-state index in [4.69, 9.17) is 0 Å². The molecule has 0 radical (unpaired) electrons. The number of hydrogen-bond acceptors (Lipinski definition) is 3. The summed E-state index contributed by atoms with van der Waals surface area (Å²) in [6.45, 7) is 6.13. The molecule has 22 heavy (non-hydrogen) atoms. The van der Waals surface area contributed by atoms with E-state index in [1.807, 2.05) is 25.1 Å². The summed E-state index contributed by atoms with van der Waals surface area (Å²) in [4.78, 5) is 0.287. The molecule has 0 atom stereocenters. The van der Waals surface area contributed by atoms with E-state index < -0.39 is 10.0 Å². The summed E-state index contributed by atoms with van der Waals surface area (Å²) in [5.41, 5.74) is 4.41. The van der Waals surface area contributed by atoms with Gasteiger partial charge in [-0.05, 0) is 63.3 Å². The number of nitrogens with zero attached hydrogens (tertiary/aromatic N) is 2. The molecule has 0 saturated carbocycles. The second-order valence-corrected chi connectivity index (χ2v) is 7.38. The van der Waals surface area contributed by atoms with Crippen LogP contribution in [0.3, 0.4) is 0 Å². The molecule has 1 N–H and O–H groups in total. The van der Waals surface area contributed by atoms with Crippen molar-refractivity contribution in [1.82, 2.24) is 9.78 Å². The van der Waals surface area contributed by atoms with Crippen molar-refractivity contribution in [3.8, 4) is 0 Å². The van der Waals surface area contributed by atoms with Gasteiger partial charge in [0.1, 0.15) is 4.90 Å². The van der Waals surface area contributed by atoms with E-state index in [-0.39, 0.29) is 4.90 Å². The Labute approximate surface area is 131 Å². The van der Waals surface area contributed by atoms with E-state index in [0.717, 1.165) is 19.3 Å². The van der Waals surface area contributed by atoms with Crippen LogP contribution in [0.2, 0.25) is 0 Å². The Kier molecular flexibility index (Phi) is 3.72. The smallest absolute Gasteiger partial charge is 0.265 e. The second-order valence-electron chi connectivity index (χ2n) is 5.76. The lowest BCUT2D eigenvalue weighted by Crippen LogP contribution is -2.15. The monoisotopic (exact) mass is 319 g/mol. The lowest BCUT2D eigenvalue weighted by Gasteiger charge is -2.10. The van der Waals surface area contributed by atoms with Crippen LogP contribution in [0.5, 0.6) is 0 Å². The van der Waals surface area contributed by atoms with Crippen molar-refractivity contribution in [2.24, 2.45) is 0 Å². The largest absolute Gasteiger partial charge is 0.280 e. The molecule has 0 spiro atoms. The normalized spacial score (nSPS) is 14.1. The van der Waals surface area contributed by atoms with Gasteiger partial charge in [0, 0.05) is 12.2 Å². The topological polar surface area (TPSA) is 64.0 Å². The molecule has 0 fully saturated rings. The number of rotatable bonds is 4. The molecular formula is C16H21N3O2S. The zero-order valence-electron chi connectivity index (χ0n) is 13.2. The molecule has 5 nitrogen and oxygen atoms in total. The quantitative estimate of drug-likeness (QED) is 0.942. The minimum absolute atomic E-state index is 0.287. The maximum Gasteiger partial charge on any atom is 0.265 e. The Bertz CT molecular complexity index is 822. The van der Waals surface area contributed by atoms with Crippen molar-refractivity contribution in [2.75, 3.05) is 4.72 Å². The van der Waals surface area contributed by atoms with Crippen LogP contribution in [-0.4, -0.2) is 18.2 Å². The fourth-order valence-corrected chi connectivity index (χ4v) is 4.68. The summed E-state index contributed by atoms with van der Waals surface area (Å²) in [5.74, 6) is 0. The number of aryl methyl sites for hydroxylation is 4. The Hall–Kier alpha value is -1.82. The summed E-state index contributed by atoms with van der Waals surface area (Å²) in [5, 5.41) is 4.29. The van der Waals surface area contributed by atoms with Crippen molar-refractivity contribution in [3.63, 3.8) is 0 Å². The number of aromatic nitrogens is 2. The van der Waals surface area contributed by atoms with Crippen LogP contribution in [0, 0.1) is 13.8 Å². The molecule has 118 valence electrons. The minimum Gasteiger partial charge on any atom is -0.280 e. The Morgan fingerprint density at radius 1 is 1.23 bits per heavy atom. The molecule has 1 aliphatic carbocycles. The Morgan fingerprint density at radius 3 is 2.64 bits per heavy atom. The van der Waals surface area contributed by atoms with Crippen molar-refractivity contribution >= 4 is 15.7 Å². The Morgan fingerprint density at radius 2 is 1.95 bits per heavy atom.